The quantitative estimate of drug-likeness (QED) is 0.760. The second-order valence-electron chi connectivity index (χ2n) is 6.60. The molecule has 0 aromatic heterocycles. The summed E-state index contributed by atoms with van der Waals surface area (Å²) in [5.41, 5.74) is 5.95. The molecule has 1 aliphatic rings. The van der Waals surface area contributed by atoms with Crippen molar-refractivity contribution < 1.29 is 14.3 Å². The SMILES string of the molecule is CN(C)C[C@H]1CCCCN1C(=O)/C=C\c1ccc(OCC(N)=O)cc1. The molecule has 1 atom stereocenters. The lowest BCUT2D eigenvalue weighted by Crippen LogP contribution is -2.47. The average Bonchev–Trinajstić information content (AvgIpc) is 2.58. The van der Waals surface area contributed by atoms with Crippen LogP contribution in [0.15, 0.2) is 30.3 Å². The monoisotopic (exact) mass is 345 g/mol. The van der Waals surface area contributed by atoms with Crippen LogP contribution in [0.4, 0.5) is 0 Å². The number of hydrogen-bond donors (Lipinski definition) is 1. The minimum atomic E-state index is -0.511. The molecule has 0 spiro atoms. The maximum absolute atomic E-state index is 12.6. The summed E-state index contributed by atoms with van der Waals surface area (Å²) in [6.07, 6.45) is 6.74. The predicted molar refractivity (Wildman–Crippen MR) is 98.1 cm³/mol. The van der Waals surface area contributed by atoms with Crippen LogP contribution < -0.4 is 10.5 Å². The molecule has 25 heavy (non-hydrogen) atoms. The van der Waals surface area contributed by atoms with E-state index in [2.05, 4.69) is 4.90 Å². The van der Waals surface area contributed by atoms with Gasteiger partial charge < -0.3 is 20.3 Å². The van der Waals surface area contributed by atoms with Crippen LogP contribution in [0.5, 0.6) is 5.75 Å². The molecule has 0 saturated carbocycles. The van der Waals surface area contributed by atoms with Crippen molar-refractivity contribution in [2.75, 3.05) is 33.8 Å². The number of piperidine rings is 1. The number of rotatable bonds is 7. The standard InChI is InChI=1S/C19H27N3O3/c1-21(2)13-16-5-3-4-12-22(16)19(24)11-8-15-6-9-17(10-7-15)25-14-18(20)23/h6-11,16H,3-5,12-14H2,1-2H3,(H2,20,23)/b11-8-/t16-/m1/s1. The van der Waals surface area contributed by atoms with Crippen LogP contribution >= 0.6 is 0 Å². The molecule has 2 amide bonds. The van der Waals surface area contributed by atoms with E-state index >= 15 is 0 Å². The molecule has 1 fully saturated rings. The highest BCUT2D eigenvalue weighted by Crippen LogP contribution is 2.19. The largest absolute Gasteiger partial charge is 0.484 e. The fourth-order valence-electron chi connectivity index (χ4n) is 2.99. The Labute approximate surface area is 149 Å². The van der Waals surface area contributed by atoms with E-state index in [9.17, 15) is 9.59 Å². The Kier molecular flexibility index (Phi) is 7.01. The van der Waals surface area contributed by atoms with Crippen molar-refractivity contribution >= 4 is 17.9 Å². The number of likely N-dealkylation sites (tertiary alicyclic amines) is 1. The van der Waals surface area contributed by atoms with Gasteiger partial charge in [-0.2, -0.15) is 0 Å². The minimum absolute atomic E-state index is 0.0561. The first-order valence-corrected chi connectivity index (χ1v) is 8.60. The Morgan fingerprint density at radius 1 is 1.28 bits per heavy atom. The molecule has 6 heteroatoms. The first kappa shape index (κ1) is 19.0. The summed E-state index contributed by atoms with van der Waals surface area (Å²) < 4.78 is 5.22. The van der Waals surface area contributed by atoms with Gasteiger partial charge in [-0.15, -0.1) is 0 Å². The number of amides is 2. The molecule has 0 unspecified atom stereocenters. The number of likely N-dealkylation sites (N-methyl/N-ethyl adjacent to an activating group) is 1. The summed E-state index contributed by atoms with van der Waals surface area (Å²) in [7, 11) is 4.07. The lowest BCUT2D eigenvalue weighted by atomic mass is 10.0. The predicted octanol–water partition coefficient (Wildman–Crippen LogP) is 1.51. The zero-order valence-corrected chi connectivity index (χ0v) is 15.0. The molecule has 1 aromatic rings. The molecule has 2 rings (SSSR count). The van der Waals surface area contributed by atoms with Crippen LogP contribution in [-0.2, 0) is 9.59 Å². The first-order chi connectivity index (χ1) is 12.0. The van der Waals surface area contributed by atoms with Crippen molar-refractivity contribution in [3.8, 4) is 5.75 Å². The van der Waals surface area contributed by atoms with Gasteiger partial charge in [0.2, 0.25) is 5.91 Å². The Bertz CT molecular complexity index is 611. The van der Waals surface area contributed by atoms with Crippen LogP contribution in [0.1, 0.15) is 24.8 Å². The van der Waals surface area contributed by atoms with Gasteiger partial charge in [0.05, 0.1) is 0 Å². The Balaban J connectivity index is 1.95. The van der Waals surface area contributed by atoms with Gasteiger partial charge in [-0.05, 0) is 57.1 Å². The molecule has 0 radical (unpaired) electrons. The highest BCUT2D eigenvalue weighted by Gasteiger charge is 2.25. The van der Waals surface area contributed by atoms with Gasteiger partial charge in [0.15, 0.2) is 6.61 Å². The number of nitrogens with two attached hydrogens (primary N) is 1. The Morgan fingerprint density at radius 2 is 2.00 bits per heavy atom. The molecule has 1 saturated heterocycles. The second kappa shape index (κ2) is 9.22. The van der Waals surface area contributed by atoms with Crippen molar-refractivity contribution in [2.24, 2.45) is 5.73 Å². The van der Waals surface area contributed by atoms with E-state index in [4.69, 9.17) is 10.5 Å². The van der Waals surface area contributed by atoms with Gasteiger partial charge in [-0.1, -0.05) is 12.1 Å². The van der Waals surface area contributed by atoms with E-state index in [-0.39, 0.29) is 18.6 Å². The molecule has 0 aliphatic carbocycles. The van der Waals surface area contributed by atoms with E-state index in [1.54, 1.807) is 18.2 Å². The topological polar surface area (TPSA) is 75.9 Å². The summed E-state index contributed by atoms with van der Waals surface area (Å²) in [6.45, 7) is 1.57. The number of primary amides is 1. The molecular formula is C19H27N3O3. The normalized spacial score (nSPS) is 17.9. The van der Waals surface area contributed by atoms with Crippen molar-refractivity contribution in [3.05, 3.63) is 35.9 Å². The number of benzene rings is 1. The molecular weight excluding hydrogens is 318 g/mol. The molecule has 1 aromatic carbocycles. The average molecular weight is 345 g/mol. The summed E-state index contributed by atoms with van der Waals surface area (Å²) in [5, 5.41) is 0. The second-order valence-corrected chi connectivity index (χ2v) is 6.60. The Morgan fingerprint density at radius 3 is 2.64 bits per heavy atom. The van der Waals surface area contributed by atoms with Gasteiger partial charge in [-0.3, -0.25) is 9.59 Å². The third-order valence-corrected chi connectivity index (χ3v) is 4.17. The smallest absolute Gasteiger partial charge is 0.255 e. The molecule has 0 bridgehead atoms. The fraction of sp³-hybridized carbons (Fsp3) is 0.474. The highest BCUT2D eigenvalue weighted by atomic mass is 16.5. The van der Waals surface area contributed by atoms with Gasteiger partial charge in [0.25, 0.3) is 5.91 Å². The number of ether oxygens (including phenoxy) is 1. The van der Waals surface area contributed by atoms with Gasteiger partial charge >= 0.3 is 0 Å². The fourth-order valence-corrected chi connectivity index (χ4v) is 2.99. The highest BCUT2D eigenvalue weighted by molar-refractivity contribution is 5.92. The van der Waals surface area contributed by atoms with E-state index in [1.807, 2.05) is 37.2 Å². The number of hydrogen-bond acceptors (Lipinski definition) is 4. The summed E-state index contributed by atoms with van der Waals surface area (Å²) in [4.78, 5) is 27.4. The minimum Gasteiger partial charge on any atom is -0.484 e. The molecule has 1 heterocycles. The number of nitrogens with zero attached hydrogens (tertiary/aromatic N) is 2. The zero-order valence-electron chi connectivity index (χ0n) is 15.0. The van der Waals surface area contributed by atoms with Crippen LogP contribution in [0, 0.1) is 0 Å². The van der Waals surface area contributed by atoms with Gasteiger partial charge in [0.1, 0.15) is 5.75 Å². The van der Waals surface area contributed by atoms with Crippen LogP contribution in [0.3, 0.4) is 0 Å². The van der Waals surface area contributed by atoms with Crippen LogP contribution in [0.2, 0.25) is 0 Å². The van der Waals surface area contributed by atoms with Crippen LogP contribution in [0.25, 0.3) is 6.08 Å². The summed E-state index contributed by atoms with van der Waals surface area (Å²) in [6, 6.07) is 7.47. The van der Waals surface area contributed by atoms with Crippen molar-refractivity contribution in [3.63, 3.8) is 0 Å². The van der Waals surface area contributed by atoms with Crippen molar-refractivity contribution in [2.45, 2.75) is 25.3 Å². The van der Waals surface area contributed by atoms with Gasteiger partial charge in [-0.25, -0.2) is 0 Å². The third kappa shape index (κ3) is 6.23. The molecule has 136 valence electrons. The van der Waals surface area contributed by atoms with Crippen molar-refractivity contribution in [1.82, 2.24) is 9.80 Å². The first-order valence-electron chi connectivity index (χ1n) is 8.60. The number of carbonyl (C=O) groups excluding carboxylic acids is 2. The maximum Gasteiger partial charge on any atom is 0.255 e. The summed E-state index contributed by atoms with van der Waals surface area (Å²) in [5.74, 6) is 0.119. The number of carbonyl (C=O) groups is 2. The molecule has 6 nitrogen and oxygen atoms in total. The lowest BCUT2D eigenvalue weighted by molar-refractivity contribution is -0.129. The van der Waals surface area contributed by atoms with E-state index < -0.39 is 5.91 Å². The van der Waals surface area contributed by atoms with E-state index in [0.717, 1.165) is 31.5 Å². The molecule has 1 aliphatic heterocycles. The van der Waals surface area contributed by atoms with Crippen LogP contribution in [-0.4, -0.2) is 61.4 Å². The molecule has 2 N–H and O–H groups in total. The van der Waals surface area contributed by atoms with E-state index in [0.29, 0.717) is 5.75 Å². The summed E-state index contributed by atoms with van der Waals surface area (Å²) >= 11 is 0. The lowest BCUT2D eigenvalue weighted by Gasteiger charge is -2.36. The van der Waals surface area contributed by atoms with Crippen molar-refractivity contribution in [1.29, 1.82) is 0 Å². The van der Waals surface area contributed by atoms with Gasteiger partial charge in [0, 0.05) is 25.2 Å². The zero-order chi connectivity index (χ0) is 18.2. The third-order valence-electron chi connectivity index (χ3n) is 4.17. The van der Waals surface area contributed by atoms with E-state index in [1.165, 1.54) is 6.42 Å². The maximum atomic E-state index is 12.6. The Hall–Kier alpha value is -2.34.